The van der Waals surface area contributed by atoms with Gasteiger partial charge in [-0.05, 0) is 47.9 Å². The Hall–Kier alpha value is -2.12. The highest BCUT2D eigenvalue weighted by atomic mass is 35.5. The second-order valence-corrected chi connectivity index (χ2v) is 10.7. The summed E-state index contributed by atoms with van der Waals surface area (Å²) >= 11 is 12.0. The molecule has 0 aliphatic rings. The van der Waals surface area contributed by atoms with Gasteiger partial charge >= 0.3 is 0 Å². The monoisotopic (exact) mass is 535 g/mol. The highest BCUT2D eigenvalue weighted by Crippen LogP contribution is 2.23. The van der Waals surface area contributed by atoms with Crippen molar-refractivity contribution >= 4 is 35.0 Å². The Morgan fingerprint density at radius 3 is 2.19 bits per heavy atom. The van der Waals surface area contributed by atoms with Crippen molar-refractivity contribution in [2.75, 3.05) is 6.61 Å². The minimum atomic E-state index is -0.649. The molecule has 0 radical (unpaired) electrons. The van der Waals surface area contributed by atoms with E-state index in [0.29, 0.717) is 42.6 Å². The molecule has 0 aromatic heterocycles. The lowest BCUT2D eigenvalue weighted by atomic mass is 9.88. The number of rotatable bonds is 14. The first-order valence-corrected chi connectivity index (χ1v) is 13.2. The quantitative estimate of drug-likeness (QED) is 0.304. The Bertz CT molecular complexity index is 970. The zero-order valence-corrected chi connectivity index (χ0v) is 23.1. The molecule has 0 saturated heterocycles. The van der Waals surface area contributed by atoms with Crippen molar-refractivity contribution in [3.8, 4) is 0 Å². The molecule has 0 bridgehead atoms. The third kappa shape index (κ3) is 10.1. The van der Waals surface area contributed by atoms with Gasteiger partial charge in [-0.15, -0.1) is 0 Å². The fourth-order valence-electron chi connectivity index (χ4n) is 3.89. The molecule has 8 heteroatoms. The largest absolute Gasteiger partial charge is 0.375 e. The van der Waals surface area contributed by atoms with Gasteiger partial charge in [0.05, 0.1) is 23.3 Å². The SMILES string of the molecule is CC(C)C(NC(=O)[C@@H](CCC(N)COCc1ccccc1)C(C)C)C(=O)NCc1ccc(Cl)c(Cl)c1. The molecule has 3 atom stereocenters. The lowest BCUT2D eigenvalue weighted by molar-refractivity contribution is -0.133. The van der Waals surface area contributed by atoms with Crippen LogP contribution in [-0.4, -0.2) is 30.5 Å². The third-order valence-corrected chi connectivity index (χ3v) is 6.87. The van der Waals surface area contributed by atoms with Crippen LogP contribution in [0.5, 0.6) is 0 Å². The van der Waals surface area contributed by atoms with Gasteiger partial charge in [-0.25, -0.2) is 0 Å². The van der Waals surface area contributed by atoms with Gasteiger partial charge in [0.25, 0.3) is 0 Å². The van der Waals surface area contributed by atoms with Crippen molar-refractivity contribution in [1.29, 1.82) is 0 Å². The van der Waals surface area contributed by atoms with Gasteiger partial charge in [0.15, 0.2) is 0 Å². The molecule has 2 aromatic carbocycles. The van der Waals surface area contributed by atoms with Crippen molar-refractivity contribution in [1.82, 2.24) is 10.6 Å². The van der Waals surface area contributed by atoms with E-state index in [9.17, 15) is 9.59 Å². The summed E-state index contributed by atoms with van der Waals surface area (Å²) in [6.45, 7) is 9.07. The Labute approximate surface area is 225 Å². The summed E-state index contributed by atoms with van der Waals surface area (Å²) < 4.78 is 5.75. The van der Waals surface area contributed by atoms with Crippen LogP contribution in [0.1, 0.15) is 51.7 Å². The van der Waals surface area contributed by atoms with Gasteiger partial charge in [-0.3, -0.25) is 9.59 Å². The number of amides is 2. The molecule has 0 heterocycles. The fraction of sp³-hybridized carbons (Fsp3) is 0.500. The van der Waals surface area contributed by atoms with E-state index in [4.69, 9.17) is 33.7 Å². The second kappa shape index (κ2) is 15.2. The number of carbonyl (C=O) groups is 2. The molecular formula is C28H39Cl2N3O3. The zero-order valence-electron chi connectivity index (χ0n) is 21.6. The van der Waals surface area contributed by atoms with E-state index < -0.39 is 6.04 Å². The van der Waals surface area contributed by atoms with Crippen LogP contribution in [0.15, 0.2) is 48.5 Å². The standard InChI is InChI=1S/C28H39Cl2N3O3/c1-18(2)23(12-11-22(31)17-36-16-20-8-6-5-7-9-20)27(34)33-26(19(3)4)28(35)32-15-21-10-13-24(29)25(30)14-21/h5-10,13-14,18-19,22-23,26H,11-12,15-17,31H2,1-4H3,(H,32,35)(H,33,34)/t22?,23-,26?/m0/s1. The van der Waals surface area contributed by atoms with Crippen molar-refractivity contribution in [2.45, 2.75) is 65.8 Å². The van der Waals surface area contributed by atoms with E-state index >= 15 is 0 Å². The highest BCUT2D eigenvalue weighted by molar-refractivity contribution is 6.42. The first-order valence-electron chi connectivity index (χ1n) is 12.5. The van der Waals surface area contributed by atoms with Crippen LogP contribution >= 0.6 is 23.2 Å². The number of halogens is 2. The number of hydrogen-bond donors (Lipinski definition) is 3. The summed E-state index contributed by atoms with van der Waals surface area (Å²) in [6.07, 6.45) is 1.27. The maximum Gasteiger partial charge on any atom is 0.243 e. The minimum absolute atomic E-state index is 0.0794. The molecule has 0 spiro atoms. The summed E-state index contributed by atoms with van der Waals surface area (Å²) in [5.41, 5.74) is 8.19. The summed E-state index contributed by atoms with van der Waals surface area (Å²) in [7, 11) is 0. The Kier molecular flexibility index (Phi) is 12.7. The number of carbonyl (C=O) groups excluding carboxylic acids is 2. The lowest BCUT2D eigenvalue weighted by Crippen LogP contribution is -2.51. The van der Waals surface area contributed by atoms with Gasteiger partial charge < -0.3 is 21.1 Å². The van der Waals surface area contributed by atoms with Crippen LogP contribution in [-0.2, 0) is 27.5 Å². The van der Waals surface area contributed by atoms with Crippen LogP contribution in [0.2, 0.25) is 10.0 Å². The van der Waals surface area contributed by atoms with Crippen LogP contribution in [0, 0.1) is 17.8 Å². The van der Waals surface area contributed by atoms with E-state index in [1.807, 2.05) is 58.0 Å². The smallest absolute Gasteiger partial charge is 0.243 e. The predicted molar refractivity (Wildman–Crippen MR) is 147 cm³/mol. The molecule has 6 nitrogen and oxygen atoms in total. The van der Waals surface area contributed by atoms with Crippen molar-refractivity contribution in [3.05, 3.63) is 69.7 Å². The van der Waals surface area contributed by atoms with E-state index in [-0.39, 0.29) is 35.6 Å². The van der Waals surface area contributed by atoms with E-state index in [0.717, 1.165) is 11.1 Å². The number of ether oxygens (including phenoxy) is 1. The average molecular weight is 537 g/mol. The zero-order chi connectivity index (χ0) is 26.7. The van der Waals surface area contributed by atoms with E-state index in [2.05, 4.69) is 10.6 Å². The number of nitrogens with two attached hydrogens (primary N) is 1. The Balaban J connectivity index is 1.86. The van der Waals surface area contributed by atoms with Gasteiger partial charge in [0.1, 0.15) is 6.04 Å². The van der Waals surface area contributed by atoms with E-state index in [1.54, 1.807) is 18.2 Å². The molecule has 36 heavy (non-hydrogen) atoms. The summed E-state index contributed by atoms with van der Waals surface area (Å²) in [6, 6.07) is 14.3. The number of nitrogens with one attached hydrogen (secondary N) is 2. The summed E-state index contributed by atoms with van der Waals surface area (Å²) in [5.74, 6) is -0.600. The van der Waals surface area contributed by atoms with Crippen LogP contribution in [0.25, 0.3) is 0 Å². The Morgan fingerprint density at radius 1 is 0.889 bits per heavy atom. The summed E-state index contributed by atoms with van der Waals surface area (Å²) in [5, 5.41) is 6.76. The van der Waals surface area contributed by atoms with Gasteiger partial charge in [-0.2, -0.15) is 0 Å². The van der Waals surface area contributed by atoms with Crippen LogP contribution < -0.4 is 16.4 Å². The van der Waals surface area contributed by atoms with Crippen molar-refractivity contribution in [2.24, 2.45) is 23.5 Å². The molecule has 0 aliphatic heterocycles. The van der Waals surface area contributed by atoms with Crippen LogP contribution in [0.3, 0.4) is 0 Å². The molecular weight excluding hydrogens is 497 g/mol. The maximum absolute atomic E-state index is 13.2. The van der Waals surface area contributed by atoms with E-state index in [1.165, 1.54) is 0 Å². The predicted octanol–water partition coefficient (Wildman–Crippen LogP) is 5.35. The normalized spacial score (nSPS) is 13.9. The van der Waals surface area contributed by atoms with Crippen LogP contribution in [0.4, 0.5) is 0 Å². The molecule has 0 aliphatic carbocycles. The third-order valence-electron chi connectivity index (χ3n) is 6.13. The molecule has 2 aromatic rings. The summed E-state index contributed by atoms with van der Waals surface area (Å²) in [4.78, 5) is 26.1. The molecule has 0 fully saturated rings. The average Bonchev–Trinajstić information content (AvgIpc) is 2.83. The minimum Gasteiger partial charge on any atom is -0.375 e. The molecule has 2 amide bonds. The first kappa shape index (κ1) is 30.1. The van der Waals surface area contributed by atoms with Gasteiger partial charge in [0, 0.05) is 18.5 Å². The number of hydrogen-bond acceptors (Lipinski definition) is 4. The Morgan fingerprint density at radius 2 is 1.58 bits per heavy atom. The van der Waals surface area contributed by atoms with Gasteiger partial charge in [-0.1, -0.05) is 87.3 Å². The fourth-order valence-corrected chi connectivity index (χ4v) is 4.21. The number of benzene rings is 2. The molecule has 2 rings (SSSR count). The lowest BCUT2D eigenvalue weighted by Gasteiger charge is -2.27. The van der Waals surface area contributed by atoms with Crippen molar-refractivity contribution in [3.63, 3.8) is 0 Å². The second-order valence-electron chi connectivity index (χ2n) is 9.89. The van der Waals surface area contributed by atoms with Crippen molar-refractivity contribution < 1.29 is 14.3 Å². The van der Waals surface area contributed by atoms with Gasteiger partial charge in [0.2, 0.25) is 11.8 Å². The topological polar surface area (TPSA) is 93.5 Å². The maximum atomic E-state index is 13.2. The molecule has 4 N–H and O–H groups in total. The first-order chi connectivity index (χ1) is 17.1. The molecule has 2 unspecified atom stereocenters. The molecule has 0 saturated carbocycles. The highest BCUT2D eigenvalue weighted by Gasteiger charge is 2.29. The molecule has 198 valence electrons.